The summed E-state index contributed by atoms with van der Waals surface area (Å²) >= 11 is 0. The molecule has 0 unspecified atom stereocenters. The van der Waals surface area contributed by atoms with Crippen molar-refractivity contribution in [3.8, 4) is 22.3 Å². The van der Waals surface area contributed by atoms with Crippen LogP contribution in [0.5, 0.6) is 0 Å². The predicted molar refractivity (Wildman–Crippen MR) is 175 cm³/mol. The van der Waals surface area contributed by atoms with Gasteiger partial charge in [-0.1, -0.05) is 121 Å². The van der Waals surface area contributed by atoms with Crippen LogP contribution in [0.4, 0.5) is 0 Å². The monoisotopic (exact) mass is 541 g/mol. The summed E-state index contributed by atoms with van der Waals surface area (Å²) in [6.07, 6.45) is 0. The van der Waals surface area contributed by atoms with E-state index < -0.39 is 170 Å². The molecule has 190 valence electrons. The van der Waals surface area contributed by atoms with Gasteiger partial charge in [0.05, 0.1) is 28.8 Å². The number of hydrogen-bond acceptors (Lipinski definition) is 1. The summed E-state index contributed by atoms with van der Waals surface area (Å²) in [4.78, 5) is 0. The molecule has 0 aliphatic heterocycles. The Balaban J connectivity index is 1.63. The third kappa shape index (κ3) is 3.24. The van der Waals surface area contributed by atoms with Gasteiger partial charge in [-0.05, 0) is 89.6 Å². The average Bonchev–Trinajstić information content (AvgIpc) is 3.64. The molecule has 0 spiro atoms. The van der Waals surface area contributed by atoms with Crippen LogP contribution in [0.25, 0.3) is 87.3 Å². The molecule has 0 atom stereocenters. The summed E-state index contributed by atoms with van der Waals surface area (Å²) < 4.78 is 192. The molecule has 8 aromatic carbocycles. The Bertz CT molecular complexity index is 3570. The minimum atomic E-state index is -0.835. The topological polar surface area (TPSA) is 13.1 Å². The van der Waals surface area contributed by atoms with E-state index in [1.807, 2.05) is 0 Å². The van der Waals surface area contributed by atoms with Crippen molar-refractivity contribution in [1.82, 2.24) is 0 Å². The molecule has 9 aromatic rings. The predicted octanol–water partition coefficient (Wildman–Crippen LogP) is 11.5. The van der Waals surface area contributed by atoms with E-state index in [1.54, 1.807) is 0 Å². The van der Waals surface area contributed by atoms with E-state index >= 15 is 0 Å². The van der Waals surface area contributed by atoms with E-state index in [1.165, 1.54) is 18.2 Å². The highest BCUT2D eigenvalue weighted by molar-refractivity contribution is 6.26. The summed E-state index contributed by atoms with van der Waals surface area (Å²) in [5.74, 6) is 0. The van der Waals surface area contributed by atoms with Crippen molar-refractivity contribution in [1.29, 1.82) is 0 Å². The normalized spacial score (nSPS) is 19.1. The van der Waals surface area contributed by atoms with Gasteiger partial charge < -0.3 is 4.42 Å². The molecule has 1 heteroatoms. The Morgan fingerprint density at radius 1 is 0.415 bits per heavy atom. The molecule has 0 N–H and O–H groups in total. The fourth-order valence-electron chi connectivity index (χ4n) is 5.47. The van der Waals surface area contributed by atoms with Crippen LogP contribution in [-0.2, 0) is 0 Å². The van der Waals surface area contributed by atoms with E-state index in [4.69, 9.17) is 25.0 Å². The van der Waals surface area contributed by atoms with Gasteiger partial charge in [0.2, 0.25) is 0 Å². The van der Waals surface area contributed by atoms with Crippen LogP contribution in [0.3, 0.4) is 0 Å². The number of furan rings is 1. The first-order chi connectivity index (χ1) is 29.1. The summed E-state index contributed by atoms with van der Waals surface area (Å²) in [6.45, 7) is 0. The van der Waals surface area contributed by atoms with Crippen molar-refractivity contribution in [2.75, 3.05) is 0 Å². The Hall–Kier alpha value is -5.40. The van der Waals surface area contributed by atoms with Gasteiger partial charge in [-0.15, -0.1) is 0 Å². The Kier molecular flexibility index (Phi) is 2.13. The summed E-state index contributed by atoms with van der Waals surface area (Å²) in [5, 5.41) is -3.35. The van der Waals surface area contributed by atoms with Crippen molar-refractivity contribution in [2.45, 2.75) is 0 Å². The highest BCUT2D eigenvalue weighted by Crippen LogP contribution is 2.47. The Morgan fingerprint density at radius 2 is 0.951 bits per heavy atom. The Morgan fingerprint density at radius 3 is 1.66 bits per heavy atom. The molecule has 1 heterocycles. The highest BCUT2D eigenvalue weighted by Gasteiger charge is 2.19. The van der Waals surface area contributed by atoms with E-state index in [9.17, 15) is 8.22 Å². The number of hydrogen-bond donors (Lipinski definition) is 0. The molecule has 9 rings (SSSR count). The van der Waals surface area contributed by atoms with Gasteiger partial charge in [-0.25, -0.2) is 0 Å². The first kappa shape index (κ1) is 10.2. The zero-order valence-corrected chi connectivity index (χ0v) is 20.6. The summed E-state index contributed by atoms with van der Waals surface area (Å²) in [7, 11) is 0. The molecule has 0 bridgehead atoms. The third-order valence-electron chi connectivity index (χ3n) is 7.15. The van der Waals surface area contributed by atoms with E-state index in [-0.39, 0.29) is 43.8 Å². The number of benzene rings is 8. The first-order valence-corrected chi connectivity index (χ1v) is 12.4. The Labute approximate surface area is 266 Å². The number of rotatable bonds is 2. The third-order valence-corrected chi connectivity index (χ3v) is 7.15. The van der Waals surface area contributed by atoms with Gasteiger partial charge in [0.1, 0.15) is 11.2 Å². The second-order valence-corrected chi connectivity index (χ2v) is 9.27. The quantitative estimate of drug-likeness (QED) is 0.157. The molecule has 0 amide bonds. The molecule has 0 aliphatic carbocycles. The molecule has 1 aromatic heterocycles. The van der Waals surface area contributed by atoms with Crippen LogP contribution in [0.2, 0.25) is 0 Å². The molecule has 0 aliphatic rings. The molecular formula is C40H24O. The molecular weight excluding hydrogens is 496 g/mol. The lowest BCUT2D eigenvalue weighted by Crippen LogP contribution is -1.92. The van der Waals surface area contributed by atoms with Crippen LogP contribution in [-0.4, -0.2) is 0 Å². The second-order valence-electron chi connectivity index (χ2n) is 9.27. The largest absolute Gasteiger partial charge is 0.456 e. The average molecular weight is 542 g/mol. The lowest BCUT2D eigenvalue weighted by Gasteiger charge is -2.19. The molecule has 0 fully saturated rings. The smallest absolute Gasteiger partial charge is 0.136 e. The summed E-state index contributed by atoms with van der Waals surface area (Å²) in [5.41, 5.74) is -1.42. The second kappa shape index (κ2) is 8.55. The molecule has 1 nitrogen and oxygen atoms in total. The van der Waals surface area contributed by atoms with E-state index in [0.717, 1.165) is 0 Å². The van der Waals surface area contributed by atoms with Gasteiger partial charge in [0, 0.05) is 10.8 Å². The summed E-state index contributed by atoms with van der Waals surface area (Å²) in [6, 6.07) is -11.1. The highest BCUT2D eigenvalue weighted by atomic mass is 16.3. The van der Waals surface area contributed by atoms with Crippen molar-refractivity contribution < 1.29 is 33.2 Å². The van der Waals surface area contributed by atoms with Gasteiger partial charge in [-0.3, -0.25) is 0 Å². The molecule has 0 saturated carbocycles. The molecule has 0 radical (unpaired) electrons. The zero-order valence-electron chi connectivity index (χ0n) is 41.6. The van der Waals surface area contributed by atoms with Gasteiger partial charge >= 0.3 is 0 Å². The van der Waals surface area contributed by atoms with Gasteiger partial charge in [0.15, 0.2) is 0 Å². The van der Waals surface area contributed by atoms with E-state index in [0.29, 0.717) is 0 Å². The maximum atomic E-state index is 9.72. The fourth-order valence-corrected chi connectivity index (χ4v) is 5.47. The maximum absolute atomic E-state index is 9.72. The van der Waals surface area contributed by atoms with Crippen LogP contribution < -0.4 is 0 Å². The van der Waals surface area contributed by atoms with Crippen molar-refractivity contribution in [3.05, 3.63) is 145 Å². The van der Waals surface area contributed by atoms with Crippen LogP contribution in [0.1, 0.15) is 28.8 Å². The van der Waals surface area contributed by atoms with Gasteiger partial charge in [0.25, 0.3) is 0 Å². The lowest BCUT2D eigenvalue weighted by molar-refractivity contribution is 0.669. The minimum absolute atomic E-state index is 0.0179. The van der Waals surface area contributed by atoms with Crippen LogP contribution in [0.15, 0.2) is 150 Å². The van der Waals surface area contributed by atoms with E-state index in [2.05, 4.69) is 0 Å². The lowest BCUT2D eigenvalue weighted by atomic mass is 9.84. The number of para-hydroxylation sites is 1. The van der Waals surface area contributed by atoms with Crippen molar-refractivity contribution >= 4 is 65.0 Å². The first-order valence-electron chi connectivity index (χ1n) is 22.9. The minimum Gasteiger partial charge on any atom is -0.456 e. The number of fused-ring (bicyclic) bond motifs is 8. The molecule has 0 saturated heterocycles. The molecule has 41 heavy (non-hydrogen) atoms. The SMILES string of the molecule is [2H]c1c([2H])c([2H])c2c(oc3cc(-c4c5c([2H])c([2H])c([2H])c([2H])c5c(-c5c([2H])c6c([2H])c([2H])c([2H])c([2H])c6c6c([2H])c([2H])c([2H])c([2H])c56)c5c([2H])c([2H])c([2H])c([2H])c45)ccc32)c1[2H]. The standard InChI is InChI=1S/C40H24O/c1-2-12-27-25(11-1)23-36(29-14-4-3-13-28(27)29)40-34-18-7-5-16-32(34)39(33-17-6-8-19-35(33)40)26-21-22-31-30-15-9-10-20-37(30)41-38(31)24-26/h1-24H/i1D,2D,3D,4D,5D,6D,7D,8D,9D,10D,11D,12D,13D,14D,15D,16D,17D,18D,19D,20D,23D. The van der Waals surface area contributed by atoms with Crippen molar-refractivity contribution in [3.63, 3.8) is 0 Å². The van der Waals surface area contributed by atoms with Gasteiger partial charge in [-0.2, -0.15) is 0 Å². The zero-order chi connectivity index (χ0) is 45.2. The van der Waals surface area contributed by atoms with Crippen molar-refractivity contribution in [2.24, 2.45) is 0 Å². The van der Waals surface area contributed by atoms with Crippen LogP contribution >= 0.6 is 0 Å². The van der Waals surface area contributed by atoms with Crippen LogP contribution in [0, 0.1) is 0 Å². The maximum Gasteiger partial charge on any atom is 0.136 e. The fraction of sp³-hybridized carbons (Fsp3) is 0.